The van der Waals surface area contributed by atoms with Gasteiger partial charge in [-0.1, -0.05) is 84.6 Å². The molecular weight excluding hydrogens is 458 g/mol. The van der Waals surface area contributed by atoms with Gasteiger partial charge in [0.15, 0.2) is 0 Å². The van der Waals surface area contributed by atoms with Crippen LogP contribution in [0.25, 0.3) is 0 Å². The Bertz CT molecular complexity index is 1180. The van der Waals surface area contributed by atoms with Gasteiger partial charge in [0, 0.05) is 18.0 Å². The number of nitrogens with zero attached hydrogens (tertiary/aromatic N) is 2. The van der Waals surface area contributed by atoms with Crippen LogP contribution in [0.2, 0.25) is 0 Å². The molecule has 0 spiro atoms. The molecule has 35 heavy (non-hydrogen) atoms. The van der Waals surface area contributed by atoms with Crippen LogP contribution in [0.5, 0.6) is 0 Å². The third-order valence-electron chi connectivity index (χ3n) is 5.40. The number of carbonyl (C=O) groups excluding carboxylic acids is 1. The van der Waals surface area contributed by atoms with E-state index < -0.39 is 6.10 Å². The summed E-state index contributed by atoms with van der Waals surface area (Å²) in [6.45, 7) is 1.26. The van der Waals surface area contributed by atoms with E-state index in [0.717, 1.165) is 35.5 Å². The van der Waals surface area contributed by atoms with Crippen molar-refractivity contribution in [2.24, 2.45) is 0 Å². The fourth-order valence-corrected chi connectivity index (χ4v) is 4.29. The number of carbonyl (C=O) groups is 1. The summed E-state index contributed by atoms with van der Waals surface area (Å²) in [5.41, 5.74) is 4.00. The number of anilines is 1. The van der Waals surface area contributed by atoms with E-state index in [1.807, 2.05) is 72.8 Å². The summed E-state index contributed by atoms with van der Waals surface area (Å²) < 4.78 is 0. The highest BCUT2D eigenvalue weighted by molar-refractivity contribution is 7.98. The van der Waals surface area contributed by atoms with Gasteiger partial charge in [-0.3, -0.25) is 9.89 Å². The number of aromatic amines is 1. The second kappa shape index (κ2) is 12.9. The molecule has 1 unspecified atom stereocenters. The highest BCUT2D eigenvalue weighted by Gasteiger charge is 2.10. The van der Waals surface area contributed by atoms with Crippen LogP contribution in [0, 0.1) is 0 Å². The van der Waals surface area contributed by atoms with Crippen LogP contribution >= 0.6 is 11.8 Å². The molecule has 1 heterocycles. The maximum atomic E-state index is 12.4. The highest BCUT2D eigenvalue weighted by Crippen LogP contribution is 2.19. The van der Waals surface area contributed by atoms with E-state index >= 15 is 0 Å². The van der Waals surface area contributed by atoms with Gasteiger partial charge in [0.05, 0.1) is 12.5 Å². The number of hydrogen-bond donors (Lipinski definition) is 4. The Morgan fingerprint density at radius 1 is 0.943 bits per heavy atom. The van der Waals surface area contributed by atoms with Crippen LogP contribution in [-0.2, 0) is 23.4 Å². The first-order valence-corrected chi connectivity index (χ1v) is 12.5. The smallest absolute Gasteiger partial charge is 0.232 e. The molecule has 4 aromatic rings. The molecule has 0 aliphatic carbocycles. The molecule has 180 valence electrons. The number of H-pyrrole nitrogens is 1. The standard InChI is InChI=1S/C27H29N5O2S/c33-24(22-9-5-2-6-10-22)18-28-16-15-20-11-13-23(14-12-20)29-26(34)17-25-30-27(32-31-25)35-19-21-7-3-1-4-8-21/h1-14,24,28,33H,15-19H2,(H,29,34)(H,30,31,32). The minimum atomic E-state index is -0.517. The Labute approximate surface area is 209 Å². The molecule has 4 N–H and O–H groups in total. The van der Waals surface area contributed by atoms with Gasteiger partial charge in [-0.2, -0.15) is 0 Å². The number of thioether (sulfide) groups is 1. The quantitative estimate of drug-likeness (QED) is 0.177. The summed E-state index contributed by atoms with van der Waals surface area (Å²) in [7, 11) is 0. The number of aliphatic hydroxyl groups is 1. The Morgan fingerprint density at radius 3 is 2.40 bits per heavy atom. The summed E-state index contributed by atoms with van der Waals surface area (Å²) in [6, 6.07) is 27.5. The zero-order valence-corrected chi connectivity index (χ0v) is 20.2. The van der Waals surface area contributed by atoms with E-state index in [1.54, 1.807) is 0 Å². The molecule has 0 saturated carbocycles. The molecule has 1 atom stereocenters. The minimum Gasteiger partial charge on any atom is -0.387 e. The Morgan fingerprint density at radius 2 is 1.66 bits per heavy atom. The van der Waals surface area contributed by atoms with Gasteiger partial charge in [-0.15, -0.1) is 5.10 Å². The minimum absolute atomic E-state index is 0.133. The van der Waals surface area contributed by atoms with Crippen molar-refractivity contribution in [2.45, 2.75) is 29.9 Å². The van der Waals surface area contributed by atoms with Gasteiger partial charge in [-0.25, -0.2) is 4.98 Å². The van der Waals surface area contributed by atoms with E-state index in [0.29, 0.717) is 17.5 Å². The molecular formula is C27H29N5O2S. The molecule has 0 aliphatic heterocycles. The number of rotatable bonds is 12. The first-order chi connectivity index (χ1) is 17.2. The largest absolute Gasteiger partial charge is 0.387 e. The van der Waals surface area contributed by atoms with Crippen molar-refractivity contribution in [1.82, 2.24) is 20.5 Å². The molecule has 1 amide bonds. The maximum Gasteiger partial charge on any atom is 0.232 e. The van der Waals surface area contributed by atoms with Crippen LogP contribution in [0.1, 0.15) is 28.6 Å². The Balaban J connectivity index is 1.16. The number of aromatic nitrogens is 3. The lowest BCUT2D eigenvalue weighted by atomic mass is 10.1. The second-order valence-electron chi connectivity index (χ2n) is 8.14. The third-order valence-corrected chi connectivity index (χ3v) is 6.32. The summed E-state index contributed by atoms with van der Waals surface area (Å²) in [4.78, 5) is 16.8. The van der Waals surface area contributed by atoms with Crippen LogP contribution in [-0.4, -0.2) is 39.3 Å². The van der Waals surface area contributed by atoms with Crippen LogP contribution in [0.4, 0.5) is 5.69 Å². The molecule has 7 nitrogen and oxygen atoms in total. The van der Waals surface area contributed by atoms with Crippen molar-refractivity contribution in [3.8, 4) is 0 Å². The van der Waals surface area contributed by atoms with Crippen molar-refractivity contribution >= 4 is 23.4 Å². The van der Waals surface area contributed by atoms with Gasteiger partial charge >= 0.3 is 0 Å². The average Bonchev–Trinajstić information content (AvgIpc) is 3.34. The predicted octanol–water partition coefficient (Wildman–Crippen LogP) is 4.14. The average molecular weight is 488 g/mol. The molecule has 0 aliphatic rings. The fraction of sp³-hybridized carbons (Fsp3) is 0.222. The number of nitrogens with one attached hydrogen (secondary N) is 3. The maximum absolute atomic E-state index is 12.4. The zero-order chi connectivity index (χ0) is 24.3. The monoisotopic (exact) mass is 487 g/mol. The Hall–Kier alpha value is -3.46. The fourth-order valence-electron chi connectivity index (χ4n) is 3.52. The molecule has 4 rings (SSSR count). The van der Waals surface area contributed by atoms with E-state index in [-0.39, 0.29) is 12.3 Å². The van der Waals surface area contributed by atoms with E-state index in [4.69, 9.17) is 0 Å². The van der Waals surface area contributed by atoms with Gasteiger partial charge in [0.1, 0.15) is 5.82 Å². The molecule has 1 aromatic heterocycles. The number of hydrogen-bond acceptors (Lipinski definition) is 6. The van der Waals surface area contributed by atoms with E-state index in [9.17, 15) is 9.90 Å². The third kappa shape index (κ3) is 8.06. The summed E-state index contributed by atoms with van der Waals surface area (Å²) >= 11 is 1.53. The molecule has 0 fully saturated rings. The topological polar surface area (TPSA) is 103 Å². The van der Waals surface area contributed by atoms with Crippen LogP contribution in [0.15, 0.2) is 90.1 Å². The summed E-state index contributed by atoms with van der Waals surface area (Å²) in [5, 5.41) is 24.1. The van der Waals surface area contributed by atoms with E-state index in [2.05, 4.69) is 37.9 Å². The first kappa shape index (κ1) is 24.7. The van der Waals surface area contributed by atoms with E-state index in [1.165, 1.54) is 17.3 Å². The van der Waals surface area contributed by atoms with Crippen molar-refractivity contribution in [2.75, 3.05) is 18.4 Å². The van der Waals surface area contributed by atoms with Crippen molar-refractivity contribution in [3.63, 3.8) is 0 Å². The number of aliphatic hydroxyl groups excluding tert-OH is 1. The summed E-state index contributed by atoms with van der Waals surface area (Å²) in [5.74, 6) is 1.17. The Kier molecular flexibility index (Phi) is 9.05. The van der Waals surface area contributed by atoms with Crippen molar-refractivity contribution in [3.05, 3.63) is 107 Å². The lowest BCUT2D eigenvalue weighted by Crippen LogP contribution is -2.23. The number of benzene rings is 3. The first-order valence-electron chi connectivity index (χ1n) is 11.6. The van der Waals surface area contributed by atoms with Gasteiger partial charge in [0.2, 0.25) is 11.1 Å². The lowest BCUT2D eigenvalue weighted by Gasteiger charge is -2.12. The van der Waals surface area contributed by atoms with Gasteiger partial charge < -0.3 is 15.7 Å². The predicted molar refractivity (Wildman–Crippen MR) is 139 cm³/mol. The zero-order valence-electron chi connectivity index (χ0n) is 19.4. The highest BCUT2D eigenvalue weighted by atomic mass is 32.2. The molecule has 0 radical (unpaired) electrons. The van der Waals surface area contributed by atoms with Crippen molar-refractivity contribution < 1.29 is 9.90 Å². The summed E-state index contributed by atoms with van der Waals surface area (Å²) in [6.07, 6.45) is 0.447. The van der Waals surface area contributed by atoms with Gasteiger partial charge in [-0.05, 0) is 41.8 Å². The van der Waals surface area contributed by atoms with Crippen LogP contribution in [0.3, 0.4) is 0 Å². The van der Waals surface area contributed by atoms with Gasteiger partial charge in [0.25, 0.3) is 0 Å². The van der Waals surface area contributed by atoms with Crippen LogP contribution < -0.4 is 10.6 Å². The number of amides is 1. The molecule has 3 aromatic carbocycles. The molecule has 0 saturated heterocycles. The second-order valence-corrected chi connectivity index (χ2v) is 9.08. The van der Waals surface area contributed by atoms with Crippen molar-refractivity contribution in [1.29, 1.82) is 0 Å². The molecule has 0 bridgehead atoms. The normalized spacial score (nSPS) is 11.8. The lowest BCUT2D eigenvalue weighted by molar-refractivity contribution is -0.115. The molecule has 8 heteroatoms. The SMILES string of the molecule is O=C(Cc1nc(SCc2ccccc2)n[nH]1)Nc1ccc(CCNCC(O)c2ccccc2)cc1.